The van der Waals surface area contributed by atoms with Crippen LogP contribution in [0.25, 0.3) is 5.57 Å². The molecule has 1 aromatic carbocycles. The van der Waals surface area contributed by atoms with Gasteiger partial charge in [-0.05, 0) is 34.6 Å². The van der Waals surface area contributed by atoms with Crippen LogP contribution in [0.15, 0.2) is 48.4 Å². The van der Waals surface area contributed by atoms with Crippen LogP contribution in [0, 0.1) is 0 Å². The monoisotopic (exact) mass is 214 g/mol. The number of rotatable bonds is 3. The van der Waals surface area contributed by atoms with Crippen molar-refractivity contribution in [2.75, 3.05) is 0 Å². The van der Waals surface area contributed by atoms with E-state index in [9.17, 15) is 0 Å². The lowest BCUT2D eigenvalue weighted by molar-refractivity contribution is 1.19. The van der Waals surface area contributed by atoms with E-state index in [2.05, 4.69) is 37.1 Å². The van der Waals surface area contributed by atoms with Crippen molar-refractivity contribution in [3.8, 4) is 0 Å². The maximum Gasteiger partial charge on any atom is 0.00488 e. The third-order valence-corrected chi connectivity index (χ3v) is 3.55. The third-order valence-electron chi connectivity index (χ3n) is 2.47. The van der Waals surface area contributed by atoms with E-state index in [-0.39, 0.29) is 0 Å². The normalized spacial score (nSPS) is 10.2. The Labute approximate surface area is 94.9 Å². The highest BCUT2D eigenvalue weighted by Gasteiger charge is 2.03. The first-order chi connectivity index (χ1) is 7.31. The maximum atomic E-state index is 4.15. The average molecular weight is 214 g/mol. The van der Waals surface area contributed by atoms with Crippen LogP contribution in [0.4, 0.5) is 0 Å². The highest BCUT2D eigenvalue weighted by atomic mass is 32.1. The lowest BCUT2D eigenvalue weighted by atomic mass is 10.0. The zero-order chi connectivity index (χ0) is 10.7. The Morgan fingerprint density at radius 1 is 1.20 bits per heavy atom. The molecule has 76 valence electrons. The quantitative estimate of drug-likeness (QED) is 0.711. The first-order valence-electron chi connectivity index (χ1n) is 5.13. The van der Waals surface area contributed by atoms with Crippen LogP contribution in [-0.4, -0.2) is 0 Å². The van der Waals surface area contributed by atoms with Crippen molar-refractivity contribution in [3.63, 3.8) is 0 Å². The highest BCUT2D eigenvalue weighted by molar-refractivity contribution is 7.10. The molecule has 0 saturated carbocycles. The molecule has 2 rings (SSSR count). The summed E-state index contributed by atoms with van der Waals surface area (Å²) < 4.78 is 0. The molecule has 0 nitrogen and oxygen atoms in total. The Morgan fingerprint density at radius 3 is 2.53 bits per heavy atom. The first-order valence-corrected chi connectivity index (χ1v) is 6.01. The van der Waals surface area contributed by atoms with Gasteiger partial charge in [-0.25, -0.2) is 0 Å². The Hall–Kier alpha value is -1.34. The van der Waals surface area contributed by atoms with Crippen LogP contribution >= 0.6 is 11.3 Å². The summed E-state index contributed by atoms with van der Waals surface area (Å²) in [5.41, 5.74) is 3.58. The number of thiophene rings is 1. The van der Waals surface area contributed by atoms with Gasteiger partial charge in [0.25, 0.3) is 0 Å². The predicted octanol–water partition coefficient (Wildman–Crippen LogP) is 4.37. The fourth-order valence-corrected chi connectivity index (χ4v) is 2.38. The van der Waals surface area contributed by atoms with Crippen LogP contribution in [0.2, 0.25) is 0 Å². The summed E-state index contributed by atoms with van der Waals surface area (Å²) in [7, 11) is 0. The van der Waals surface area contributed by atoms with Crippen molar-refractivity contribution in [2.45, 2.75) is 13.3 Å². The smallest absolute Gasteiger partial charge is 0.00488 e. The summed E-state index contributed by atoms with van der Waals surface area (Å²) in [6, 6.07) is 12.6. The van der Waals surface area contributed by atoms with Crippen LogP contribution in [0.3, 0.4) is 0 Å². The van der Waals surface area contributed by atoms with Gasteiger partial charge in [0.15, 0.2) is 0 Å². The van der Waals surface area contributed by atoms with Crippen LogP contribution < -0.4 is 0 Å². The number of aryl methyl sites for hydroxylation is 1. The minimum Gasteiger partial charge on any atom is -0.148 e. The van der Waals surface area contributed by atoms with Crippen molar-refractivity contribution < 1.29 is 0 Å². The lowest BCUT2D eigenvalue weighted by Gasteiger charge is -2.02. The molecule has 2 aromatic rings. The summed E-state index contributed by atoms with van der Waals surface area (Å²) in [5, 5.41) is 2.19. The minimum atomic E-state index is 1.10. The Morgan fingerprint density at radius 2 is 1.93 bits per heavy atom. The predicted molar refractivity (Wildman–Crippen MR) is 68.3 cm³/mol. The molecule has 1 heterocycles. The Balaban J connectivity index is 2.29. The summed E-state index contributed by atoms with van der Waals surface area (Å²) in [4.78, 5) is 1.42. The Bertz CT molecular complexity index is 451. The van der Waals surface area contributed by atoms with E-state index < -0.39 is 0 Å². The van der Waals surface area contributed by atoms with Gasteiger partial charge in [0, 0.05) is 4.88 Å². The molecule has 1 aromatic heterocycles. The van der Waals surface area contributed by atoms with Crippen molar-refractivity contribution >= 4 is 16.9 Å². The number of benzene rings is 1. The lowest BCUT2D eigenvalue weighted by Crippen LogP contribution is -1.82. The minimum absolute atomic E-state index is 1.10. The van der Waals surface area contributed by atoms with Gasteiger partial charge in [-0.1, -0.05) is 43.8 Å². The van der Waals surface area contributed by atoms with E-state index in [1.165, 1.54) is 16.0 Å². The molecular formula is C14H14S. The van der Waals surface area contributed by atoms with Crippen molar-refractivity contribution in [3.05, 3.63) is 64.4 Å². The van der Waals surface area contributed by atoms with Crippen molar-refractivity contribution in [2.24, 2.45) is 0 Å². The van der Waals surface area contributed by atoms with E-state index >= 15 is 0 Å². The second kappa shape index (κ2) is 4.45. The van der Waals surface area contributed by atoms with Crippen molar-refractivity contribution in [1.29, 1.82) is 0 Å². The second-order valence-corrected chi connectivity index (χ2v) is 4.50. The molecule has 0 amide bonds. The van der Waals surface area contributed by atoms with Gasteiger partial charge in [-0.3, -0.25) is 0 Å². The second-order valence-electron chi connectivity index (χ2n) is 3.50. The molecule has 0 fully saturated rings. The zero-order valence-electron chi connectivity index (χ0n) is 8.86. The van der Waals surface area contributed by atoms with Crippen LogP contribution in [0.1, 0.15) is 22.9 Å². The van der Waals surface area contributed by atoms with Crippen LogP contribution in [-0.2, 0) is 6.42 Å². The summed E-state index contributed by atoms with van der Waals surface area (Å²) >= 11 is 1.81. The summed E-state index contributed by atoms with van der Waals surface area (Å²) in [5.74, 6) is 0. The largest absolute Gasteiger partial charge is 0.148 e. The molecule has 15 heavy (non-hydrogen) atoms. The topological polar surface area (TPSA) is 0 Å². The Kier molecular flexibility index (Phi) is 3.02. The SMILES string of the molecule is C=C(c1ccccc1)c1csc(CC)c1. The molecule has 0 radical (unpaired) electrons. The third kappa shape index (κ3) is 2.18. The van der Waals surface area contributed by atoms with E-state index in [1.807, 2.05) is 29.5 Å². The van der Waals surface area contributed by atoms with Gasteiger partial charge < -0.3 is 0 Å². The van der Waals surface area contributed by atoms with Gasteiger partial charge in [0.2, 0.25) is 0 Å². The van der Waals surface area contributed by atoms with Gasteiger partial charge >= 0.3 is 0 Å². The van der Waals surface area contributed by atoms with E-state index in [1.54, 1.807) is 0 Å². The fraction of sp³-hybridized carbons (Fsp3) is 0.143. The molecule has 0 aliphatic rings. The molecule has 0 unspecified atom stereocenters. The zero-order valence-corrected chi connectivity index (χ0v) is 9.68. The number of hydrogen-bond acceptors (Lipinski definition) is 1. The summed E-state index contributed by atoms with van der Waals surface area (Å²) in [6.07, 6.45) is 1.10. The van der Waals surface area contributed by atoms with Gasteiger partial charge in [-0.15, -0.1) is 11.3 Å². The van der Waals surface area contributed by atoms with Gasteiger partial charge in [0.1, 0.15) is 0 Å². The highest BCUT2D eigenvalue weighted by Crippen LogP contribution is 2.26. The van der Waals surface area contributed by atoms with E-state index in [0.717, 1.165) is 12.0 Å². The van der Waals surface area contributed by atoms with E-state index in [0.29, 0.717) is 0 Å². The van der Waals surface area contributed by atoms with Gasteiger partial charge in [-0.2, -0.15) is 0 Å². The molecule has 0 saturated heterocycles. The van der Waals surface area contributed by atoms with E-state index in [4.69, 9.17) is 0 Å². The van der Waals surface area contributed by atoms with Crippen LogP contribution in [0.5, 0.6) is 0 Å². The molecule has 0 atom stereocenters. The molecule has 0 spiro atoms. The van der Waals surface area contributed by atoms with Gasteiger partial charge in [0.05, 0.1) is 0 Å². The summed E-state index contributed by atoms with van der Waals surface area (Å²) in [6.45, 7) is 6.33. The molecule has 0 N–H and O–H groups in total. The first kappa shape index (κ1) is 10.2. The maximum absolute atomic E-state index is 4.15. The average Bonchev–Trinajstić information content (AvgIpc) is 2.78. The molecular weight excluding hydrogens is 200 g/mol. The van der Waals surface area contributed by atoms with Crippen molar-refractivity contribution in [1.82, 2.24) is 0 Å². The number of hydrogen-bond donors (Lipinski definition) is 0. The molecule has 0 bridgehead atoms. The fourth-order valence-electron chi connectivity index (χ4n) is 1.53. The molecule has 0 aliphatic carbocycles. The molecule has 0 aliphatic heterocycles. The molecule has 1 heteroatoms. The standard InChI is InChI=1S/C14H14S/c1-3-14-9-13(10-15-14)11(2)12-7-5-4-6-8-12/h4-10H,2-3H2,1H3.